The fourth-order valence-corrected chi connectivity index (χ4v) is 13.6. The van der Waals surface area contributed by atoms with Gasteiger partial charge in [0.05, 0.1) is 5.41 Å². The largest absolute Gasteiger partial charge is 0.0949 e. The van der Waals surface area contributed by atoms with Crippen LogP contribution in [0.15, 0.2) is 254 Å². The van der Waals surface area contributed by atoms with Gasteiger partial charge in [0.25, 0.3) is 0 Å². The lowest BCUT2D eigenvalue weighted by atomic mass is 9.64. The SMILES string of the molecule is C=C(C/C=C(/C(CC)=C(\C)c1ccc(-c2ccccc2)cc1)c1ccc(-c2ccccc2)cc1)c1ccc(-c2ccc3c(c2)C2c4ccccc4-c4cccc(c4C2C)C32C3=C(CCC=C3)c3ccccc32)cc1. The van der Waals surface area contributed by atoms with Gasteiger partial charge in [0, 0.05) is 5.92 Å². The standard InChI is InChI=1S/C74H60/c1-5-60(49(3)52-34-38-55(39-35-52)53-19-8-6-9-20-53)61(58-42-40-56(41-43-58)54-21-10-7-11-22-54)45-31-48(2)51-32-36-57(37-33-51)59-44-46-70-67(47-59)72-50(4)73-66(62-23-12-13-26-65(62)72)27-18-30-71(73)74(70)68-28-16-14-24-63(68)64-25-15-17-29-69(64)74/h6-14,16-24,26-30,32-47,50,72H,2,5,15,25,31H2,1,3-4H3/b60-49+,61-45+. The maximum Gasteiger partial charge on any atom is 0.0716 e. The maximum atomic E-state index is 4.74. The zero-order chi connectivity index (χ0) is 49.9. The number of hydrogen-bond donors (Lipinski definition) is 0. The van der Waals surface area contributed by atoms with Crippen LogP contribution in [0.1, 0.15) is 114 Å². The summed E-state index contributed by atoms with van der Waals surface area (Å²) < 4.78 is 0. The Hall–Kier alpha value is -8.32. The van der Waals surface area contributed by atoms with Crippen molar-refractivity contribution in [1.82, 2.24) is 0 Å². The quantitative estimate of drug-likeness (QED) is 0.120. The Labute approximate surface area is 438 Å². The molecule has 74 heavy (non-hydrogen) atoms. The van der Waals surface area contributed by atoms with Crippen LogP contribution in [0.5, 0.6) is 0 Å². The Morgan fingerprint density at radius 3 is 1.77 bits per heavy atom. The van der Waals surface area contributed by atoms with E-state index in [1.165, 1.54) is 122 Å². The molecule has 13 rings (SSSR count). The second kappa shape index (κ2) is 18.6. The minimum Gasteiger partial charge on any atom is -0.0949 e. The molecule has 0 aliphatic heterocycles. The fourth-order valence-electron chi connectivity index (χ4n) is 13.6. The molecule has 9 aromatic rings. The molecule has 0 amide bonds. The molecule has 3 unspecified atom stereocenters. The Kier molecular flexibility index (Phi) is 11.5. The normalized spacial score (nSPS) is 18.2. The molecule has 356 valence electrons. The van der Waals surface area contributed by atoms with Crippen LogP contribution < -0.4 is 0 Å². The zero-order valence-corrected chi connectivity index (χ0v) is 42.7. The fraction of sp³-hybridized carbons (Fsp3) is 0.135. The number of benzene rings is 9. The monoisotopic (exact) mass is 948 g/mol. The van der Waals surface area contributed by atoms with Gasteiger partial charge in [-0.05, 0) is 172 Å². The molecular formula is C74H60. The van der Waals surface area contributed by atoms with E-state index >= 15 is 0 Å². The summed E-state index contributed by atoms with van der Waals surface area (Å²) >= 11 is 0. The van der Waals surface area contributed by atoms with Crippen LogP contribution in [0.3, 0.4) is 0 Å². The van der Waals surface area contributed by atoms with Crippen LogP contribution in [0.4, 0.5) is 0 Å². The van der Waals surface area contributed by atoms with E-state index in [-0.39, 0.29) is 5.92 Å². The highest BCUT2D eigenvalue weighted by Crippen LogP contribution is 2.65. The first-order valence-electron chi connectivity index (χ1n) is 26.8. The number of fused-ring (bicyclic) bond motifs is 8. The predicted octanol–water partition coefficient (Wildman–Crippen LogP) is 19.7. The summed E-state index contributed by atoms with van der Waals surface area (Å²) in [6.07, 6.45) is 11.1. The van der Waals surface area contributed by atoms with E-state index < -0.39 is 5.41 Å². The number of allylic oxidation sites excluding steroid dienone is 9. The Bertz CT molecular complexity index is 3780. The van der Waals surface area contributed by atoms with Crippen LogP contribution in [0.25, 0.3) is 66.8 Å². The van der Waals surface area contributed by atoms with Gasteiger partial charge in [-0.2, -0.15) is 0 Å². The first-order valence-corrected chi connectivity index (χ1v) is 26.8. The molecule has 4 aliphatic rings. The van der Waals surface area contributed by atoms with E-state index in [9.17, 15) is 0 Å². The molecule has 3 atom stereocenters. The molecule has 1 spiro atoms. The van der Waals surface area contributed by atoms with E-state index in [2.05, 4.69) is 257 Å². The van der Waals surface area contributed by atoms with Crippen LogP contribution in [0.2, 0.25) is 0 Å². The van der Waals surface area contributed by atoms with Crippen molar-refractivity contribution < 1.29 is 0 Å². The van der Waals surface area contributed by atoms with Gasteiger partial charge in [-0.1, -0.05) is 257 Å². The van der Waals surface area contributed by atoms with Gasteiger partial charge in [-0.15, -0.1) is 0 Å². The van der Waals surface area contributed by atoms with E-state index in [0.717, 1.165) is 36.8 Å². The highest BCUT2D eigenvalue weighted by Gasteiger charge is 2.53. The Morgan fingerprint density at radius 1 is 0.527 bits per heavy atom. The van der Waals surface area contributed by atoms with E-state index in [1.54, 1.807) is 0 Å². The second-order valence-electron chi connectivity index (χ2n) is 20.9. The predicted molar refractivity (Wildman–Crippen MR) is 314 cm³/mol. The van der Waals surface area contributed by atoms with Crippen molar-refractivity contribution in [3.63, 3.8) is 0 Å². The van der Waals surface area contributed by atoms with Gasteiger partial charge in [0.15, 0.2) is 0 Å². The van der Waals surface area contributed by atoms with Crippen molar-refractivity contribution in [3.05, 3.63) is 310 Å². The summed E-state index contributed by atoms with van der Waals surface area (Å²) in [5, 5.41) is 0. The lowest BCUT2D eigenvalue weighted by Gasteiger charge is -2.37. The topological polar surface area (TPSA) is 0 Å². The minimum atomic E-state index is -0.399. The van der Waals surface area contributed by atoms with E-state index in [4.69, 9.17) is 6.58 Å². The first kappa shape index (κ1) is 45.5. The second-order valence-corrected chi connectivity index (χ2v) is 20.9. The van der Waals surface area contributed by atoms with E-state index in [1.807, 2.05) is 0 Å². The average molecular weight is 949 g/mol. The summed E-state index contributed by atoms with van der Waals surface area (Å²) in [6.45, 7) is 11.8. The molecule has 0 radical (unpaired) electrons. The summed E-state index contributed by atoms with van der Waals surface area (Å²) in [7, 11) is 0. The highest BCUT2D eigenvalue weighted by atomic mass is 14.5. The summed E-state index contributed by atoms with van der Waals surface area (Å²) in [5.41, 5.74) is 31.5. The molecule has 0 aromatic heterocycles. The lowest BCUT2D eigenvalue weighted by Crippen LogP contribution is -2.31. The molecule has 0 N–H and O–H groups in total. The molecule has 0 fully saturated rings. The van der Waals surface area contributed by atoms with Crippen molar-refractivity contribution in [2.75, 3.05) is 0 Å². The highest BCUT2D eigenvalue weighted by molar-refractivity contribution is 5.93. The average Bonchev–Trinajstić information content (AvgIpc) is 3.73. The van der Waals surface area contributed by atoms with Crippen LogP contribution >= 0.6 is 0 Å². The van der Waals surface area contributed by atoms with Crippen LogP contribution in [-0.2, 0) is 5.41 Å². The third kappa shape index (κ3) is 7.34. The molecular weight excluding hydrogens is 889 g/mol. The smallest absolute Gasteiger partial charge is 0.0716 e. The van der Waals surface area contributed by atoms with Crippen LogP contribution in [-0.4, -0.2) is 0 Å². The molecule has 4 aliphatic carbocycles. The third-order valence-corrected chi connectivity index (χ3v) is 17.1. The van der Waals surface area contributed by atoms with E-state index in [0.29, 0.717) is 5.92 Å². The van der Waals surface area contributed by atoms with Crippen molar-refractivity contribution in [2.24, 2.45) is 0 Å². The minimum absolute atomic E-state index is 0.215. The Balaban J connectivity index is 0.871. The zero-order valence-electron chi connectivity index (χ0n) is 42.7. The van der Waals surface area contributed by atoms with Gasteiger partial charge in [-0.25, -0.2) is 0 Å². The molecule has 0 heterocycles. The molecule has 0 heteroatoms. The third-order valence-electron chi connectivity index (χ3n) is 17.1. The summed E-state index contributed by atoms with van der Waals surface area (Å²) in [4.78, 5) is 0. The lowest BCUT2D eigenvalue weighted by molar-refractivity contribution is 0.652. The molecule has 9 aromatic carbocycles. The van der Waals surface area contributed by atoms with Gasteiger partial charge < -0.3 is 0 Å². The number of hydrogen-bond acceptors (Lipinski definition) is 0. The van der Waals surface area contributed by atoms with Crippen molar-refractivity contribution in [2.45, 2.75) is 63.7 Å². The van der Waals surface area contributed by atoms with Crippen molar-refractivity contribution >= 4 is 22.3 Å². The van der Waals surface area contributed by atoms with Gasteiger partial charge in [-0.3, -0.25) is 0 Å². The Morgan fingerprint density at radius 2 is 1.08 bits per heavy atom. The first-order chi connectivity index (χ1) is 36.4. The molecule has 0 saturated carbocycles. The molecule has 0 saturated heterocycles. The summed E-state index contributed by atoms with van der Waals surface area (Å²) in [6, 6.07) is 82.0. The van der Waals surface area contributed by atoms with Crippen molar-refractivity contribution in [1.29, 1.82) is 0 Å². The van der Waals surface area contributed by atoms with Crippen molar-refractivity contribution in [3.8, 4) is 44.5 Å². The van der Waals surface area contributed by atoms with Gasteiger partial charge in [0.2, 0.25) is 0 Å². The van der Waals surface area contributed by atoms with Gasteiger partial charge >= 0.3 is 0 Å². The summed E-state index contributed by atoms with van der Waals surface area (Å²) in [5.74, 6) is 0.513. The molecule has 4 bridgehead atoms. The molecule has 0 nitrogen and oxygen atoms in total. The van der Waals surface area contributed by atoms with Crippen LogP contribution in [0, 0.1) is 0 Å². The van der Waals surface area contributed by atoms with Gasteiger partial charge in [0.1, 0.15) is 0 Å². The maximum absolute atomic E-state index is 4.74. The number of rotatable bonds is 10.